The number of ether oxygens (including phenoxy) is 2. The maximum atomic E-state index is 12.7. The van der Waals surface area contributed by atoms with E-state index in [1.54, 1.807) is 23.6 Å². The van der Waals surface area contributed by atoms with Gasteiger partial charge in [-0.15, -0.1) is 11.8 Å². The topological polar surface area (TPSA) is 125 Å². The second-order valence-electron chi connectivity index (χ2n) is 9.84. The molecule has 2 N–H and O–H groups in total. The largest absolute Gasteiger partial charge is 0.480 e. The number of aliphatic carboxylic acids is 1. The smallest absolute Gasteiger partial charge is 0.407 e. The first-order chi connectivity index (χ1) is 16.8. The number of rotatable bonds is 10. The number of carbonyl (C=O) groups is 4. The highest BCUT2D eigenvalue weighted by atomic mass is 16.5. The average Bonchev–Trinajstić information content (AvgIpc) is 3.44. The number of nitrogens with one attached hydrogen (secondary N) is 1. The second kappa shape index (κ2) is 12.8. The summed E-state index contributed by atoms with van der Waals surface area (Å²) in [5.41, 5.74) is 0. The molecule has 2 amide bonds. The van der Waals surface area contributed by atoms with E-state index in [4.69, 9.17) is 9.47 Å². The monoisotopic (exact) mass is 491 g/mol. The summed E-state index contributed by atoms with van der Waals surface area (Å²) in [4.78, 5) is 51.1. The van der Waals surface area contributed by atoms with Crippen molar-refractivity contribution in [3.63, 3.8) is 0 Å². The molecule has 4 atom stereocenters. The molecule has 1 unspecified atom stereocenters. The molecule has 0 aromatic carbocycles. The van der Waals surface area contributed by atoms with E-state index in [1.165, 1.54) is 0 Å². The van der Waals surface area contributed by atoms with Crippen molar-refractivity contribution in [3.05, 3.63) is 0 Å². The van der Waals surface area contributed by atoms with E-state index in [9.17, 15) is 24.3 Å². The lowest BCUT2D eigenvalue weighted by molar-refractivity contribution is -0.151. The van der Waals surface area contributed by atoms with Gasteiger partial charge in [-0.25, -0.2) is 4.79 Å². The van der Waals surface area contributed by atoms with Crippen molar-refractivity contribution in [1.29, 1.82) is 0 Å². The lowest BCUT2D eigenvalue weighted by Crippen LogP contribution is -2.57. The van der Waals surface area contributed by atoms with Crippen molar-refractivity contribution >= 4 is 23.9 Å². The van der Waals surface area contributed by atoms with Crippen molar-refractivity contribution in [2.24, 2.45) is 23.7 Å². The SMILES string of the molecule is CC(C)C(=O)OCC1CN(C(=O)CCNC(=O)OC[C@@H]2[C@@H]3CCC#CCC[C@@H]32)CCN1CC(=O)O. The third-order valence-electron chi connectivity index (χ3n) is 7.04. The minimum absolute atomic E-state index is 0.0218. The van der Waals surface area contributed by atoms with Crippen LogP contribution in [0.2, 0.25) is 0 Å². The molecule has 35 heavy (non-hydrogen) atoms. The molecule has 0 aromatic rings. The molecule has 1 saturated heterocycles. The van der Waals surface area contributed by atoms with Gasteiger partial charge >= 0.3 is 18.0 Å². The van der Waals surface area contributed by atoms with Crippen LogP contribution in [-0.2, 0) is 23.9 Å². The van der Waals surface area contributed by atoms with E-state index in [0.29, 0.717) is 37.5 Å². The number of esters is 1. The molecular weight excluding hydrogens is 454 g/mol. The molecular formula is C25H37N3O7. The molecule has 10 heteroatoms. The molecule has 0 bridgehead atoms. The summed E-state index contributed by atoms with van der Waals surface area (Å²) >= 11 is 0. The van der Waals surface area contributed by atoms with Crippen molar-refractivity contribution in [2.75, 3.05) is 45.9 Å². The third-order valence-corrected chi connectivity index (χ3v) is 7.04. The normalized spacial score (nSPS) is 25.9. The van der Waals surface area contributed by atoms with Gasteiger partial charge in [-0.3, -0.25) is 19.3 Å². The van der Waals surface area contributed by atoms with E-state index < -0.39 is 18.1 Å². The summed E-state index contributed by atoms with van der Waals surface area (Å²) in [5.74, 6) is 6.17. The summed E-state index contributed by atoms with van der Waals surface area (Å²) in [6.07, 6.45) is 3.56. The van der Waals surface area contributed by atoms with Crippen molar-refractivity contribution in [3.8, 4) is 11.8 Å². The van der Waals surface area contributed by atoms with Crippen LogP contribution in [0.1, 0.15) is 46.0 Å². The fourth-order valence-corrected chi connectivity index (χ4v) is 4.94. The van der Waals surface area contributed by atoms with Gasteiger partial charge in [0, 0.05) is 45.4 Å². The average molecular weight is 492 g/mol. The van der Waals surface area contributed by atoms with Gasteiger partial charge < -0.3 is 24.8 Å². The molecule has 2 aliphatic carbocycles. The minimum atomic E-state index is -0.974. The summed E-state index contributed by atoms with van der Waals surface area (Å²) in [6.45, 7) is 4.84. The molecule has 3 rings (SSSR count). The predicted molar refractivity (Wildman–Crippen MR) is 126 cm³/mol. The number of hydrogen-bond acceptors (Lipinski definition) is 7. The summed E-state index contributed by atoms with van der Waals surface area (Å²) in [5, 5.41) is 11.8. The summed E-state index contributed by atoms with van der Waals surface area (Å²) in [6, 6.07) is -0.398. The highest BCUT2D eigenvalue weighted by Gasteiger charge is 2.49. The molecule has 2 fully saturated rings. The van der Waals surface area contributed by atoms with Crippen LogP contribution in [0, 0.1) is 35.5 Å². The zero-order valence-corrected chi connectivity index (χ0v) is 20.7. The number of nitrogens with zero attached hydrogens (tertiary/aromatic N) is 2. The quantitative estimate of drug-likeness (QED) is 0.346. The second-order valence-corrected chi connectivity index (χ2v) is 9.84. The highest BCUT2D eigenvalue weighted by molar-refractivity contribution is 5.77. The van der Waals surface area contributed by atoms with Crippen LogP contribution >= 0.6 is 0 Å². The molecule has 10 nitrogen and oxygen atoms in total. The van der Waals surface area contributed by atoms with Gasteiger partial charge in [0.05, 0.1) is 25.1 Å². The van der Waals surface area contributed by atoms with E-state index in [0.717, 1.165) is 25.7 Å². The fraction of sp³-hybridized carbons (Fsp3) is 0.760. The number of carboxylic acid groups (broad SMARTS) is 1. The van der Waals surface area contributed by atoms with Crippen LogP contribution in [0.3, 0.4) is 0 Å². The number of alkyl carbamates (subject to hydrolysis) is 1. The van der Waals surface area contributed by atoms with Crippen molar-refractivity contribution in [1.82, 2.24) is 15.1 Å². The molecule has 194 valence electrons. The Balaban J connectivity index is 1.37. The third kappa shape index (κ3) is 8.13. The molecule has 0 radical (unpaired) electrons. The first kappa shape index (κ1) is 26.8. The summed E-state index contributed by atoms with van der Waals surface area (Å²) in [7, 11) is 0. The van der Waals surface area contributed by atoms with Gasteiger partial charge in [0.15, 0.2) is 0 Å². The first-order valence-corrected chi connectivity index (χ1v) is 12.5. The zero-order chi connectivity index (χ0) is 25.4. The standard InChI is InChI=1S/C25H37N3O7/c1-17(2)24(32)34-15-18-13-28(12-11-27(18)14-23(30)31)22(29)9-10-26-25(33)35-16-21-19-7-5-3-4-6-8-20(19)21/h17-21H,5-16H2,1-2H3,(H,26,33)(H,30,31)/t18?,19-,20+,21-. The Bertz CT molecular complexity index is 832. The Kier molecular flexibility index (Phi) is 9.78. The molecule has 0 spiro atoms. The van der Waals surface area contributed by atoms with Gasteiger partial charge in [0.1, 0.15) is 6.61 Å². The number of carbonyl (C=O) groups excluding carboxylic acids is 3. The number of hydrogen-bond donors (Lipinski definition) is 2. The van der Waals surface area contributed by atoms with Crippen molar-refractivity contribution < 1.29 is 33.8 Å². The van der Waals surface area contributed by atoms with Crippen LogP contribution in [0.4, 0.5) is 4.79 Å². The van der Waals surface area contributed by atoms with Crippen LogP contribution in [0.25, 0.3) is 0 Å². The van der Waals surface area contributed by atoms with Gasteiger partial charge in [0.2, 0.25) is 5.91 Å². The van der Waals surface area contributed by atoms with Gasteiger partial charge in [0.25, 0.3) is 0 Å². The Morgan fingerprint density at radius 1 is 1.03 bits per heavy atom. The predicted octanol–water partition coefficient (Wildman–Crippen LogP) is 1.34. The molecule has 3 aliphatic rings. The first-order valence-electron chi connectivity index (χ1n) is 12.5. The van der Waals surface area contributed by atoms with Crippen LogP contribution < -0.4 is 5.32 Å². The zero-order valence-electron chi connectivity index (χ0n) is 20.7. The van der Waals surface area contributed by atoms with E-state index in [-0.39, 0.29) is 50.5 Å². The van der Waals surface area contributed by atoms with Gasteiger partial charge in [-0.1, -0.05) is 13.8 Å². The number of carboxylic acids is 1. The van der Waals surface area contributed by atoms with Crippen LogP contribution in [-0.4, -0.2) is 90.8 Å². The lowest BCUT2D eigenvalue weighted by atomic mass is 10.1. The minimum Gasteiger partial charge on any atom is -0.480 e. The van der Waals surface area contributed by atoms with E-state index in [2.05, 4.69) is 17.2 Å². The van der Waals surface area contributed by atoms with Gasteiger partial charge in [-0.2, -0.15) is 0 Å². The number of piperazine rings is 1. The number of amides is 2. The Labute approximate surface area is 206 Å². The van der Waals surface area contributed by atoms with Crippen LogP contribution in [0.5, 0.6) is 0 Å². The Hall–Kier alpha value is -2.80. The maximum Gasteiger partial charge on any atom is 0.407 e. The summed E-state index contributed by atoms with van der Waals surface area (Å²) < 4.78 is 10.7. The Morgan fingerprint density at radius 3 is 2.34 bits per heavy atom. The van der Waals surface area contributed by atoms with E-state index in [1.807, 2.05) is 0 Å². The van der Waals surface area contributed by atoms with Crippen molar-refractivity contribution in [2.45, 2.75) is 52.0 Å². The molecule has 1 heterocycles. The van der Waals surface area contributed by atoms with Gasteiger partial charge in [-0.05, 0) is 30.6 Å². The molecule has 1 saturated carbocycles. The van der Waals surface area contributed by atoms with Crippen LogP contribution in [0.15, 0.2) is 0 Å². The highest BCUT2D eigenvalue weighted by Crippen LogP contribution is 2.52. The fourth-order valence-electron chi connectivity index (χ4n) is 4.94. The van der Waals surface area contributed by atoms with E-state index >= 15 is 0 Å². The maximum absolute atomic E-state index is 12.7. The number of fused-ring (bicyclic) bond motifs is 1. The lowest BCUT2D eigenvalue weighted by Gasteiger charge is -2.40. The Morgan fingerprint density at radius 2 is 1.71 bits per heavy atom. The molecule has 1 aliphatic heterocycles. The molecule has 0 aromatic heterocycles.